The summed E-state index contributed by atoms with van der Waals surface area (Å²) in [5.74, 6) is 0.806. The second-order valence-electron chi connectivity index (χ2n) is 6.72. The molecule has 1 N–H and O–H groups in total. The van der Waals surface area contributed by atoms with Gasteiger partial charge < -0.3 is 9.32 Å². The topological polar surface area (TPSA) is 79.6 Å². The number of benzene rings is 1. The minimum absolute atomic E-state index is 0.0544. The van der Waals surface area contributed by atoms with Crippen LogP contribution >= 0.6 is 0 Å². The number of hydrogen-bond acceptors (Lipinski definition) is 4. The number of nitrogens with one attached hydrogen (secondary N) is 1. The Hall–Kier alpha value is -2.64. The standard InChI is InChI=1S/C21H24N2O4S/c24-21(9-8-20-7-4-15-27-20)23-13-10-19(11-14-23)17-22-28(25,26)16-12-18-5-2-1-3-6-18/h1-9,12,15-16,19,22H,10-11,13-14,17H2/b9-8+,16-12+. The van der Waals surface area contributed by atoms with Gasteiger partial charge in [-0.3, -0.25) is 4.79 Å². The summed E-state index contributed by atoms with van der Waals surface area (Å²) in [7, 11) is -3.48. The van der Waals surface area contributed by atoms with E-state index in [2.05, 4.69) is 4.72 Å². The third kappa shape index (κ3) is 6.21. The molecule has 0 radical (unpaired) electrons. The number of likely N-dealkylation sites (tertiary alicyclic amines) is 1. The van der Waals surface area contributed by atoms with Crippen LogP contribution in [0.4, 0.5) is 0 Å². The molecule has 0 spiro atoms. The molecular formula is C21H24N2O4S. The predicted molar refractivity (Wildman–Crippen MR) is 109 cm³/mol. The Morgan fingerprint density at radius 3 is 2.54 bits per heavy atom. The van der Waals surface area contributed by atoms with Crippen molar-refractivity contribution in [2.45, 2.75) is 12.8 Å². The van der Waals surface area contributed by atoms with Gasteiger partial charge in [0.15, 0.2) is 0 Å². The lowest BCUT2D eigenvalue weighted by atomic mass is 9.97. The molecule has 0 bridgehead atoms. The molecule has 2 heterocycles. The van der Waals surface area contributed by atoms with Gasteiger partial charge in [0, 0.05) is 31.1 Å². The highest BCUT2D eigenvalue weighted by molar-refractivity contribution is 7.92. The van der Waals surface area contributed by atoms with E-state index in [0.29, 0.717) is 25.4 Å². The molecule has 0 saturated carbocycles. The van der Waals surface area contributed by atoms with Crippen molar-refractivity contribution in [3.05, 3.63) is 71.5 Å². The van der Waals surface area contributed by atoms with E-state index in [9.17, 15) is 13.2 Å². The van der Waals surface area contributed by atoms with Gasteiger partial charge in [-0.05, 0) is 48.6 Å². The highest BCUT2D eigenvalue weighted by Crippen LogP contribution is 2.17. The molecule has 1 aliphatic rings. The van der Waals surface area contributed by atoms with Crippen molar-refractivity contribution in [2.24, 2.45) is 5.92 Å². The van der Waals surface area contributed by atoms with Crippen LogP contribution in [-0.4, -0.2) is 38.9 Å². The van der Waals surface area contributed by atoms with Crippen LogP contribution in [0.15, 0.2) is 64.6 Å². The maximum atomic E-state index is 12.2. The number of hydrogen-bond donors (Lipinski definition) is 1. The van der Waals surface area contributed by atoms with Crippen molar-refractivity contribution >= 4 is 28.1 Å². The molecule has 1 aliphatic heterocycles. The number of furan rings is 1. The van der Waals surface area contributed by atoms with Gasteiger partial charge >= 0.3 is 0 Å². The molecular weight excluding hydrogens is 376 g/mol. The summed E-state index contributed by atoms with van der Waals surface area (Å²) in [4.78, 5) is 14.0. The Balaban J connectivity index is 1.42. The first kappa shape index (κ1) is 20.1. The Morgan fingerprint density at radius 2 is 1.86 bits per heavy atom. The summed E-state index contributed by atoms with van der Waals surface area (Å²) in [6.45, 7) is 1.62. The Labute approximate surface area is 165 Å². The first-order valence-corrected chi connectivity index (χ1v) is 10.8. The van der Waals surface area contributed by atoms with Crippen LogP contribution in [0.25, 0.3) is 12.2 Å². The normalized spacial score (nSPS) is 16.2. The third-order valence-corrected chi connectivity index (χ3v) is 5.74. The highest BCUT2D eigenvalue weighted by Gasteiger charge is 2.22. The smallest absolute Gasteiger partial charge is 0.246 e. The Morgan fingerprint density at radius 1 is 1.11 bits per heavy atom. The van der Waals surface area contributed by atoms with Gasteiger partial charge in [0.05, 0.1) is 6.26 Å². The largest absolute Gasteiger partial charge is 0.465 e. The third-order valence-electron chi connectivity index (χ3n) is 4.67. The molecule has 1 aromatic heterocycles. The molecule has 1 amide bonds. The van der Waals surface area contributed by atoms with Crippen molar-refractivity contribution in [3.8, 4) is 0 Å². The Bertz CT molecular complexity index is 911. The molecule has 1 saturated heterocycles. The second kappa shape index (κ2) is 9.52. The van der Waals surface area contributed by atoms with E-state index in [4.69, 9.17) is 4.42 Å². The summed E-state index contributed by atoms with van der Waals surface area (Å²) in [6.07, 6.45) is 7.84. The lowest BCUT2D eigenvalue weighted by molar-refractivity contribution is -0.127. The molecule has 7 heteroatoms. The fourth-order valence-electron chi connectivity index (χ4n) is 3.02. The maximum Gasteiger partial charge on any atom is 0.246 e. The fraction of sp³-hybridized carbons (Fsp3) is 0.286. The quantitative estimate of drug-likeness (QED) is 0.724. The van der Waals surface area contributed by atoms with Crippen molar-refractivity contribution in [3.63, 3.8) is 0 Å². The predicted octanol–water partition coefficient (Wildman–Crippen LogP) is 3.12. The monoisotopic (exact) mass is 400 g/mol. The van der Waals surface area contributed by atoms with Crippen LogP contribution < -0.4 is 4.72 Å². The molecule has 0 aliphatic carbocycles. The van der Waals surface area contributed by atoms with Crippen molar-refractivity contribution in [1.82, 2.24) is 9.62 Å². The summed E-state index contributed by atoms with van der Waals surface area (Å²) in [5.41, 5.74) is 0.835. The number of piperidine rings is 1. The van der Waals surface area contributed by atoms with Gasteiger partial charge in [0.25, 0.3) is 0 Å². The Kier molecular flexibility index (Phi) is 6.84. The zero-order chi connectivity index (χ0) is 19.8. The summed E-state index contributed by atoms with van der Waals surface area (Å²) in [6, 6.07) is 12.9. The van der Waals surface area contributed by atoms with Gasteiger partial charge in [-0.1, -0.05) is 30.3 Å². The maximum absolute atomic E-state index is 12.2. The van der Waals surface area contributed by atoms with E-state index in [-0.39, 0.29) is 11.8 Å². The molecule has 6 nitrogen and oxygen atoms in total. The average molecular weight is 401 g/mol. The first-order valence-electron chi connectivity index (χ1n) is 9.25. The van der Waals surface area contributed by atoms with E-state index < -0.39 is 10.0 Å². The minimum Gasteiger partial charge on any atom is -0.465 e. The van der Waals surface area contributed by atoms with Crippen LogP contribution in [0.5, 0.6) is 0 Å². The van der Waals surface area contributed by atoms with Gasteiger partial charge in [-0.25, -0.2) is 13.1 Å². The van der Waals surface area contributed by atoms with Crippen LogP contribution in [0.1, 0.15) is 24.2 Å². The van der Waals surface area contributed by atoms with E-state index in [1.807, 2.05) is 30.3 Å². The molecule has 3 rings (SSSR count). The van der Waals surface area contributed by atoms with Crippen molar-refractivity contribution < 1.29 is 17.6 Å². The molecule has 0 atom stereocenters. The SMILES string of the molecule is O=C(/C=C/c1ccco1)N1CCC(CNS(=O)(=O)/C=C/c2ccccc2)CC1. The number of carbonyl (C=O) groups excluding carboxylic acids is 1. The van der Waals surface area contributed by atoms with E-state index in [1.54, 1.807) is 35.4 Å². The number of amides is 1. The van der Waals surface area contributed by atoms with Crippen LogP contribution in [0.3, 0.4) is 0 Å². The van der Waals surface area contributed by atoms with Crippen molar-refractivity contribution in [1.29, 1.82) is 0 Å². The zero-order valence-corrected chi connectivity index (χ0v) is 16.3. The van der Waals surface area contributed by atoms with Crippen LogP contribution in [-0.2, 0) is 14.8 Å². The van der Waals surface area contributed by atoms with E-state index in [1.165, 1.54) is 11.5 Å². The fourth-order valence-corrected chi connectivity index (χ4v) is 3.92. The number of rotatable bonds is 7. The lowest BCUT2D eigenvalue weighted by Gasteiger charge is -2.31. The molecule has 1 fully saturated rings. The second-order valence-corrected chi connectivity index (χ2v) is 8.38. The molecule has 0 unspecified atom stereocenters. The minimum atomic E-state index is -3.48. The molecule has 28 heavy (non-hydrogen) atoms. The van der Waals surface area contributed by atoms with Crippen molar-refractivity contribution in [2.75, 3.05) is 19.6 Å². The summed E-state index contributed by atoms with van der Waals surface area (Å²) >= 11 is 0. The zero-order valence-electron chi connectivity index (χ0n) is 15.5. The average Bonchev–Trinajstić information content (AvgIpc) is 3.24. The molecule has 148 valence electrons. The molecule has 1 aromatic carbocycles. The number of sulfonamides is 1. The van der Waals surface area contributed by atoms with Gasteiger partial charge in [0.1, 0.15) is 5.76 Å². The summed E-state index contributed by atoms with van der Waals surface area (Å²) in [5, 5.41) is 1.19. The number of carbonyl (C=O) groups is 1. The summed E-state index contributed by atoms with van der Waals surface area (Å²) < 4.78 is 32.1. The van der Waals surface area contributed by atoms with Gasteiger partial charge in [-0.15, -0.1) is 0 Å². The van der Waals surface area contributed by atoms with Crippen LogP contribution in [0.2, 0.25) is 0 Å². The van der Waals surface area contributed by atoms with E-state index >= 15 is 0 Å². The van der Waals surface area contributed by atoms with Gasteiger partial charge in [0.2, 0.25) is 15.9 Å². The van der Waals surface area contributed by atoms with E-state index in [0.717, 1.165) is 18.4 Å². The number of nitrogens with zero attached hydrogens (tertiary/aromatic N) is 1. The molecule has 2 aromatic rings. The van der Waals surface area contributed by atoms with Crippen LogP contribution in [0, 0.1) is 5.92 Å². The first-order chi connectivity index (χ1) is 13.5. The van der Waals surface area contributed by atoms with Gasteiger partial charge in [-0.2, -0.15) is 0 Å². The lowest BCUT2D eigenvalue weighted by Crippen LogP contribution is -2.40. The highest BCUT2D eigenvalue weighted by atomic mass is 32.2.